The lowest BCUT2D eigenvalue weighted by Crippen LogP contribution is -2.61. The molecule has 4 heteroatoms. The molecule has 2 nitrogen and oxygen atoms in total. The van der Waals surface area contributed by atoms with Crippen molar-refractivity contribution >= 4 is 72.3 Å². The van der Waals surface area contributed by atoms with Crippen LogP contribution in [0.3, 0.4) is 0 Å². The van der Waals surface area contributed by atoms with Gasteiger partial charge in [-0.15, -0.1) is 11.3 Å². The van der Waals surface area contributed by atoms with Crippen LogP contribution in [0.15, 0.2) is 97.1 Å². The van der Waals surface area contributed by atoms with E-state index < -0.39 is 0 Å². The summed E-state index contributed by atoms with van der Waals surface area (Å²) in [5.41, 5.74) is 27.5. The summed E-state index contributed by atoms with van der Waals surface area (Å²) < 4.78 is 2.92. The second-order valence-electron chi connectivity index (χ2n) is 30.7. The molecule has 394 valence electrons. The summed E-state index contributed by atoms with van der Waals surface area (Å²) >= 11 is 2.10. The van der Waals surface area contributed by atoms with Crippen LogP contribution >= 0.6 is 11.3 Å². The number of hydrogen-bond donors (Lipinski definition) is 0. The molecule has 0 saturated carbocycles. The first-order chi connectivity index (χ1) is 35.3. The van der Waals surface area contributed by atoms with Gasteiger partial charge in [-0.2, -0.15) is 0 Å². The van der Waals surface area contributed by atoms with Gasteiger partial charge in [-0.3, -0.25) is 0 Å². The number of benzene rings is 6. The van der Waals surface area contributed by atoms with Crippen LogP contribution < -0.4 is 25.5 Å². The van der Waals surface area contributed by atoms with Gasteiger partial charge in [-0.1, -0.05) is 179 Å². The van der Waals surface area contributed by atoms with Crippen molar-refractivity contribution in [1.82, 2.24) is 0 Å². The van der Waals surface area contributed by atoms with Crippen molar-refractivity contribution in [2.24, 2.45) is 0 Å². The van der Waals surface area contributed by atoms with Crippen LogP contribution in [0, 0.1) is 6.92 Å². The third kappa shape index (κ3) is 7.96. The van der Waals surface area contributed by atoms with Gasteiger partial charge in [0.15, 0.2) is 0 Å². The first-order valence-electron chi connectivity index (χ1n) is 29.2. The Labute approximate surface area is 463 Å². The smallest absolute Gasteiger partial charge is 0.264 e. The fraction of sp³-hybridized carbons (Fsp3) is 0.472. The lowest BCUT2D eigenvalue weighted by atomic mass is 9.35. The molecule has 6 aromatic carbocycles. The molecule has 0 amide bonds. The molecule has 0 radical (unpaired) electrons. The highest BCUT2D eigenvalue weighted by atomic mass is 32.1. The number of hydrogen-bond acceptors (Lipinski definition) is 3. The summed E-state index contributed by atoms with van der Waals surface area (Å²) in [5, 5.41) is 1.42. The predicted octanol–water partition coefficient (Wildman–Crippen LogP) is 18.5. The average Bonchev–Trinajstić information content (AvgIpc) is 3.85. The molecule has 0 fully saturated rings. The molecule has 76 heavy (non-hydrogen) atoms. The lowest BCUT2D eigenvalue weighted by molar-refractivity contribution is 0.332. The number of fused-ring (bicyclic) bond motifs is 9. The Kier molecular flexibility index (Phi) is 11.2. The Morgan fingerprint density at radius 3 is 1.57 bits per heavy atom. The van der Waals surface area contributed by atoms with Crippen LogP contribution in [0.1, 0.15) is 219 Å². The monoisotopic (exact) mass is 1020 g/mol. The molecule has 2 aliphatic heterocycles. The maximum atomic E-state index is 2.82. The Hall–Kier alpha value is -5.06. The molecule has 7 aromatic rings. The van der Waals surface area contributed by atoms with E-state index in [9.17, 15) is 0 Å². The maximum absolute atomic E-state index is 2.82. The van der Waals surface area contributed by atoms with Crippen LogP contribution in [0.5, 0.6) is 0 Å². The van der Waals surface area contributed by atoms with Gasteiger partial charge >= 0.3 is 0 Å². The molecule has 0 saturated heterocycles. The zero-order valence-electron chi connectivity index (χ0n) is 50.1. The Morgan fingerprint density at radius 2 is 0.987 bits per heavy atom. The average molecular weight is 1020 g/mol. The summed E-state index contributed by atoms with van der Waals surface area (Å²) in [6.07, 6.45) is 7.16. The largest absolute Gasteiger partial charge is 0.337 e. The number of anilines is 5. The van der Waals surface area contributed by atoms with Gasteiger partial charge < -0.3 is 9.80 Å². The molecule has 0 N–H and O–H groups in total. The van der Waals surface area contributed by atoms with Gasteiger partial charge in [0.05, 0.1) is 5.69 Å². The first kappa shape index (κ1) is 51.7. The summed E-state index contributed by atoms with van der Waals surface area (Å²) in [6, 6.07) is 40.5. The number of thiophene rings is 1. The van der Waals surface area contributed by atoms with Crippen LogP contribution in [-0.2, 0) is 49.9 Å². The van der Waals surface area contributed by atoms with Crippen LogP contribution in [-0.4, -0.2) is 6.71 Å². The molecule has 0 unspecified atom stereocenters. The molecule has 3 heterocycles. The second kappa shape index (κ2) is 16.5. The fourth-order valence-corrected chi connectivity index (χ4v) is 16.1. The van der Waals surface area contributed by atoms with Gasteiger partial charge in [0.2, 0.25) is 0 Å². The molecule has 1 aromatic heterocycles. The van der Waals surface area contributed by atoms with E-state index in [1.807, 2.05) is 0 Å². The van der Waals surface area contributed by atoms with Crippen molar-refractivity contribution in [2.45, 2.75) is 220 Å². The molecule has 3 aliphatic carbocycles. The zero-order valence-corrected chi connectivity index (χ0v) is 50.9. The van der Waals surface area contributed by atoms with Crippen molar-refractivity contribution in [3.05, 3.63) is 153 Å². The fourth-order valence-electron chi connectivity index (χ4n) is 14.8. The van der Waals surface area contributed by atoms with Crippen molar-refractivity contribution in [3.63, 3.8) is 0 Å². The van der Waals surface area contributed by atoms with E-state index in [4.69, 9.17) is 0 Å². The molecular weight excluding hydrogens is 936 g/mol. The summed E-state index contributed by atoms with van der Waals surface area (Å²) in [6.45, 7) is 47.2. The summed E-state index contributed by atoms with van der Waals surface area (Å²) in [5.74, 6) is 0. The standard InChI is InChI=1S/C72H87BN2S/c1-43-34-59-62-60(35-43)75(48-26-27-51-52(37-48)68(10,11)29-28-67(51,8)9)58-40-55-54(70(14,15)31-32-71(55,16)17)39-57(58)73(62)64-63(50-38-53-56(41-61(50)76-64)72(18,19)33-30-69(53,12)13)74(59)42-45-22-25-47(66(5,6)7)36-49(45)44-20-23-46(24-21-44)65(2,3)4/h20-27,34-41H,28-33,42H2,1-19H3. The number of rotatable bonds is 4. The predicted molar refractivity (Wildman–Crippen MR) is 333 cm³/mol. The molecule has 0 bridgehead atoms. The third-order valence-electron chi connectivity index (χ3n) is 20.3. The zero-order chi connectivity index (χ0) is 54.4. The van der Waals surface area contributed by atoms with Crippen LogP contribution in [0.4, 0.5) is 28.4 Å². The van der Waals surface area contributed by atoms with Crippen molar-refractivity contribution < 1.29 is 0 Å². The second-order valence-corrected chi connectivity index (χ2v) is 31.8. The molecule has 0 atom stereocenters. The molecule has 5 aliphatic rings. The third-order valence-corrected chi connectivity index (χ3v) is 21.5. The minimum absolute atomic E-state index is 0.00443. The minimum Gasteiger partial charge on any atom is -0.337 e. The Bertz CT molecular complexity index is 3560. The molecule has 0 spiro atoms. The van der Waals surface area contributed by atoms with Gasteiger partial charge in [0, 0.05) is 44.2 Å². The van der Waals surface area contributed by atoms with E-state index in [1.165, 1.54) is 154 Å². The van der Waals surface area contributed by atoms with Gasteiger partial charge in [0.1, 0.15) is 0 Å². The van der Waals surface area contributed by atoms with Gasteiger partial charge in [-0.05, 0) is 209 Å². The highest BCUT2D eigenvalue weighted by molar-refractivity contribution is 7.33. The maximum Gasteiger partial charge on any atom is 0.264 e. The first-order valence-corrected chi connectivity index (χ1v) is 30.0. The van der Waals surface area contributed by atoms with Gasteiger partial charge in [-0.25, -0.2) is 0 Å². The number of aryl methyl sites for hydroxylation is 1. The van der Waals surface area contributed by atoms with Crippen molar-refractivity contribution in [3.8, 4) is 11.1 Å². The minimum atomic E-state index is 0.00443. The highest BCUT2D eigenvalue weighted by Crippen LogP contribution is 2.55. The normalized spacial score (nSPS) is 20.1. The van der Waals surface area contributed by atoms with Crippen LogP contribution in [0.25, 0.3) is 21.2 Å². The van der Waals surface area contributed by atoms with E-state index in [0.717, 1.165) is 6.54 Å². The van der Waals surface area contributed by atoms with Crippen molar-refractivity contribution in [1.29, 1.82) is 0 Å². The SMILES string of the molecule is Cc1cc2c3c(c1)N(c1ccc4c(c1)C(C)(C)CCC4(C)C)c1cc4c(cc1B3c1sc3cc5c(cc3c1N2Cc1ccc(C(C)(C)C)cc1-c1ccc(C(C)(C)C)cc1)C(C)(C)CCC5(C)C)C(C)(C)CCC4(C)C. The van der Waals surface area contributed by atoms with E-state index in [-0.39, 0.29) is 50.0 Å². The van der Waals surface area contributed by atoms with Gasteiger partial charge in [0.25, 0.3) is 6.71 Å². The highest BCUT2D eigenvalue weighted by Gasteiger charge is 2.49. The van der Waals surface area contributed by atoms with E-state index in [1.54, 1.807) is 5.56 Å². The number of nitrogens with zero attached hydrogens (tertiary/aromatic N) is 2. The van der Waals surface area contributed by atoms with E-state index in [2.05, 4.69) is 250 Å². The lowest BCUT2D eigenvalue weighted by Gasteiger charge is -2.47. The quantitative estimate of drug-likeness (QED) is 0.162. The van der Waals surface area contributed by atoms with Crippen molar-refractivity contribution in [2.75, 3.05) is 9.80 Å². The molecular formula is C72H87BN2S. The van der Waals surface area contributed by atoms with Crippen LogP contribution in [0.2, 0.25) is 0 Å². The Morgan fingerprint density at radius 1 is 0.487 bits per heavy atom. The van der Waals surface area contributed by atoms with E-state index in [0.29, 0.717) is 0 Å². The molecule has 12 rings (SSSR count). The van der Waals surface area contributed by atoms with E-state index >= 15 is 0 Å². The summed E-state index contributed by atoms with van der Waals surface area (Å²) in [4.78, 5) is 5.56. The topological polar surface area (TPSA) is 6.48 Å². The summed E-state index contributed by atoms with van der Waals surface area (Å²) in [7, 11) is 0. The Balaban J connectivity index is 1.18.